The highest BCUT2D eigenvalue weighted by Gasteiger charge is 2.20. The first-order valence-corrected chi connectivity index (χ1v) is 6.25. The molecule has 0 amide bonds. The van der Waals surface area contributed by atoms with Gasteiger partial charge in [-0.05, 0) is 13.8 Å². The summed E-state index contributed by atoms with van der Waals surface area (Å²) in [5.41, 5.74) is 4.59. The van der Waals surface area contributed by atoms with Crippen LogP contribution in [0, 0.1) is 6.92 Å². The van der Waals surface area contributed by atoms with Crippen molar-refractivity contribution in [2.45, 2.75) is 13.8 Å². The van der Waals surface area contributed by atoms with Crippen LogP contribution in [-0.2, 0) is 4.74 Å². The van der Waals surface area contributed by atoms with Gasteiger partial charge in [0.1, 0.15) is 5.56 Å². The molecule has 0 bridgehead atoms. The van der Waals surface area contributed by atoms with Crippen molar-refractivity contribution in [1.29, 1.82) is 0 Å². The lowest BCUT2D eigenvalue weighted by Gasteiger charge is -2.12. The number of nitrogens with one attached hydrogen (secondary N) is 1. The molecule has 6 nitrogen and oxygen atoms in total. The third kappa shape index (κ3) is 2.75. The second-order valence-corrected chi connectivity index (χ2v) is 4.09. The predicted octanol–water partition coefficient (Wildman–Crippen LogP) is 1.91. The van der Waals surface area contributed by atoms with E-state index in [4.69, 9.17) is 10.6 Å². The second-order valence-electron chi connectivity index (χ2n) is 4.09. The van der Waals surface area contributed by atoms with Gasteiger partial charge in [-0.25, -0.2) is 20.6 Å². The molecule has 3 N–H and O–H groups in total. The van der Waals surface area contributed by atoms with Crippen LogP contribution in [0.25, 0.3) is 11.3 Å². The Morgan fingerprint density at radius 2 is 2.00 bits per heavy atom. The van der Waals surface area contributed by atoms with Gasteiger partial charge in [0.05, 0.1) is 18.0 Å². The van der Waals surface area contributed by atoms with Crippen LogP contribution in [0.2, 0.25) is 0 Å². The molecule has 0 saturated carbocycles. The summed E-state index contributed by atoms with van der Waals surface area (Å²) in [6.07, 6.45) is 0. The molecule has 6 heteroatoms. The van der Waals surface area contributed by atoms with E-state index in [0.717, 1.165) is 5.56 Å². The Hall–Kier alpha value is -2.47. The van der Waals surface area contributed by atoms with Crippen molar-refractivity contribution >= 4 is 11.9 Å². The van der Waals surface area contributed by atoms with Crippen LogP contribution in [0.3, 0.4) is 0 Å². The Labute approximate surface area is 117 Å². The zero-order valence-electron chi connectivity index (χ0n) is 11.4. The van der Waals surface area contributed by atoms with Crippen LogP contribution in [0.15, 0.2) is 30.3 Å². The molecule has 0 unspecified atom stereocenters. The highest BCUT2D eigenvalue weighted by Crippen LogP contribution is 2.25. The number of benzene rings is 1. The molecule has 1 aromatic carbocycles. The van der Waals surface area contributed by atoms with Crippen molar-refractivity contribution in [3.05, 3.63) is 41.6 Å². The zero-order chi connectivity index (χ0) is 14.5. The number of nitrogens with two attached hydrogens (primary N) is 1. The minimum atomic E-state index is -0.438. The summed E-state index contributed by atoms with van der Waals surface area (Å²) < 4.78 is 5.07. The predicted molar refractivity (Wildman–Crippen MR) is 76.0 cm³/mol. The number of hydrogen-bond donors (Lipinski definition) is 2. The molecule has 104 valence electrons. The number of nitrogens with zero attached hydrogens (tertiary/aromatic N) is 2. The monoisotopic (exact) mass is 272 g/mol. The lowest BCUT2D eigenvalue weighted by atomic mass is 10.0. The number of nitrogen functional groups attached to an aromatic ring is 1. The fraction of sp³-hybridized carbons (Fsp3) is 0.214. The van der Waals surface area contributed by atoms with Crippen molar-refractivity contribution in [3.8, 4) is 11.3 Å². The standard InChI is InChI=1S/C14H16N4O2/c1-3-20-13(19)11-9(2)16-14(18-15)17-12(11)10-7-5-4-6-8-10/h4-8H,3,15H2,1-2H3,(H,16,17,18). The molecule has 0 fully saturated rings. The molecule has 0 aliphatic heterocycles. The SMILES string of the molecule is CCOC(=O)c1c(C)nc(NN)nc1-c1ccccc1. The molecule has 1 heterocycles. The topological polar surface area (TPSA) is 90.1 Å². The van der Waals surface area contributed by atoms with Gasteiger partial charge < -0.3 is 4.74 Å². The van der Waals surface area contributed by atoms with Gasteiger partial charge in [-0.3, -0.25) is 5.43 Å². The molecule has 1 aromatic heterocycles. The fourth-order valence-electron chi connectivity index (χ4n) is 1.89. The summed E-state index contributed by atoms with van der Waals surface area (Å²) in [6, 6.07) is 9.37. The van der Waals surface area contributed by atoms with E-state index >= 15 is 0 Å². The normalized spacial score (nSPS) is 10.2. The van der Waals surface area contributed by atoms with Crippen molar-refractivity contribution in [1.82, 2.24) is 9.97 Å². The lowest BCUT2D eigenvalue weighted by molar-refractivity contribution is 0.0525. The van der Waals surface area contributed by atoms with Gasteiger partial charge in [0, 0.05) is 5.56 Å². The van der Waals surface area contributed by atoms with Crippen LogP contribution >= 0.6 is 0 Å². The number of carbonyl (C=O) groups is 1. The number of hydrogen-bond acceptors (Lipinski definition) is 6. The smallest absolute Gasteiger partial charge is 0.342 e. The van der Waals surface area contributed by atoms with Crippen molar-refractivity contribution in [2.24, 2.45) is 5.84 Å². The zero-order valence-corrected chi connectivity index (χ0v) is 11.4. The first-order valence-electron chi connectivity index (χ1n) is 6.25. The Kier molecular flexibility index (Phi) is 4.27. The van der Waals surface area contributed by atoms with E-state index in [-0.39, 0.29) is 5.95 Å². The third-order valence-corrected chi connectivity index (χ3v) is 2.75. The highest BCUT2D eigenvalue weighted by atomic mass is 16.5. The molecular formula is C14H16N4O2. The number of rotatable bonds is 4. The van der Waals surface area contributed by atoms with Gasteiger partial charge in [0.25, 0.3) is 0 Å². The molecule has 0 saturated heterocycles. The second kappa shape index (κ2) is 6.12. The first-order chi connectivity index (χ1) is 9.67. The molecular weight excluding hydrogens is 256 g/mol. The molecule has 0 atom stereocenters. The van der Waals surface area contributed by atoms with E-state index in [1.165, 1.54) is 0 Å². The van der Waals surface area contributed by atoms with Crippen molar-refractivity contribution in [2.75, 3.05) is 12.0 Å². The van der Waals surface area contributed by atoms with Crippen LogP contribution in [0.5, 0.6) is 0 Å². The maximum atomic E-state index is 12.1. The number of aryl methyl sites for hydroxylation is 1. The van der Waals surface area contributed by atoms with Gasteiger partial charge in [-0.2, -0.15) is 0 Å². The van der Waals surface area contributed by atoms with E-state index in [9.17, 15) is 4.79 Å². The third-order valence-electron chi connectivity index (χ3n) is 2.75. The summed E-state index contributed by atoms with van der Waals surface area (Å²) in [5, 5.41) is 0. The first kappa shape index (κ1) is 14.0. The lowest BCUT2D eigenvalue weighted by Crippen LogP contribution is -2.16. The van der Waals surface area contributed by atoms with Gasteiger partial charge in [-0.1, -0.05) is 30.3 Å². The molecule has 0 aliphatic rings. The Balaban J connectivity index is 2.63. The van der Waals surface area contributed by atoms with E-state index in [1.807, 2.05) is 30.3 Å². The molecule has 0 spiro atoms. The number of esters is 1. The van der Waals surface area contributed by atoms with Gasteiger partial charge in [-0.15, -0.1) is 0 Å². The maximum absolute atomic E-state index is 12.1. The van der Waals surface area contributed by atoms with Gasteiger partial charge in [0.15, 0.2) is 0 Å². The average molecular weight is 272 g/mol. The Morgan fingerprint density at radius 1 is 1.30 bits per heavy atom. The van der Waals surface area contributed by atoms with E-state index < -0.39 is 5.97 Å². The molecule has 2 aromatic rings. The number of ether oxygens (including phenoxy) is 1. The quantitative estimate of drug-likeness (QED) is 0.502. The Morgan fingerprint density at radius 3 is 2.60 bits per heavy atom. The Bertz CT molecular complexity index is 614. The fourth-order valence-corrected chi connectivity index (χ4v) is 1.89. The summed E-state index contributed by atoms with van der Waals surface area (Å²) in [5.74, 6) is 5.18. The molecule has 2 rings (SSSR count). The van der Waals surface area contributed by atoms with E-state index in [2.05, 4.69) is 15.4 Å². The molecule has 0 radical (unpaired) electrons. The number of aromatic nitrogens is 2. The van der Waals surface area contributed by atoms with Crippen molar-refractivity contribution < 1.29 is 9.53 Å². The largest absolute Gasteiger partial charge is 0.462 e. The summed E-state index contributed by atoms with van der Waals surface area (Å²) in [7, 11) is 0. The summed E-state index contributed by atoms with van der Waals surface area (Å²) in [6.45, 7) is 3.77. The number of carbonyl (C=O) groups excluding carboxylic acids is 1. The van der Waals surface area contributed by atoms with Crippen LogP contribution < -0.4 is 11.3 Å². The van der Waals surface area contributed by atoms with Gasteiger partial charge in [0.2, 0.25) is 5.95 Å². The highest BCUT2D eigenvalue weighted by molar-refractivity contribution is 5.97. The van der Waals surface area contributed by atoms with Crippen LogP contribution in [0.4, 0.5) is 5.95 Å². The average Bonchev–Trinajstić information content (AvgIpc) is 2.47. The summed E-state index contributed by atoms with van der Waals surface area (Å²) in [4.78, 5) is 20.5. The van der Waals surface area contributed by atoms with Crippen LogP contribution in [-0.4, -0.2) is 22.5 Å². The van der Waals surface area contributed by atoms with E-state index in [0.29, 0.717) is 23.6 Å². The van der Waals surface area contributed by atoms with E-state index in [1.54, 1.807) is 13.8 Å². The minimum Gasteiger partial charge on any atom is -0.462 e. The van der Waals surface area contributed by atoms with Gasteiger partial charge >= 0.3 is 5.97 Å². The summed E-state index contributed by atoms with van der Waals surface area (Å²) >= 11 is 0. The maximum Gasteiger partial charge on any atom is 0.342 e. The number of hydrazine groups is 1. The molecule has 20 heavy (non-hydrogen) atoms. The number of anilines is 1. The molecule has 0 aliphatic carbocycles. The van der Waals surface area contributed by atoms with Crippen LogP contribution in [0.1, 0.15) is 23.0 Å². The van der Waals surface area contributed by atoms with Crippen molar-refractivity contribution in [3.63, 3.8) is 0 Å². The minimum absolute atomic E-state index is 0.259.